The molecule has 0 bridgehead atoms. The molecule has 17 heavy (non-hydrogen) atoms. The van der Waals surface area contributed by atoms with Crippen molar-refractivity contribution in [3.63, 3.8) is 0 Å². The second kappa shape index (κ2) is 4.75. The van der Waals surface area contributed by atoms with Gasteiger partial charge >= 0.3 is 0 Å². The standard InChI is InChI=1S/C14H19FO2/c1-10-5-6-11(9-12(10)15)13(16)14(17)7-3-2-4-8-14/h5-6,9,13,16-17H,2-4,7-8H2,1H3. The van der Waals surface area contributed by atoms with E-state index in [-0.39, 0.29) is 5.82 Å². The Balaban J connectivity index is 2.23. The van der Waals surface area contributed by atoms with Gasteiger partial charge < -0.3 is 10.2 Å². The molecular formula is C14H19FO2. The Labute approximate surface area is 101 Å². The molecule has 0 saturated heterocycles. The smallest absolute Gasteiger partial charge is 0.126 e. The quantitative estimate of drug-likeness (QED) is 0.831. The molecule has 2 N–H and O–H groups in total. The van der Waals surface area contributed by atoms with Gasteiger partial charge in [-0.1, -0.05) is 31.4 Å². The van der Waals surface area contributed by atoms with Crippen molar-refractivity contribution in [1.29, 1.82) is 0 Å². The van der Waals surface area contributed by atoms with Gasteiger partial charge in [0.05, 0.1) is 5.60 Å². The highest BCUT2D eigenvalue weighted by Crippen LogP contribution is 2.38. The van der Waals surface area contributed by atoms with Crippen LogP contribution in [0, 0.1) is 12.7 Å². The van der Waals surface area contributed by atoms with Gasteiger partial charge in [0.25, 0.3) is 0 Å². The van der Waals surface area contributed by atoms with Gasteiger partial charge in [0.2, 0.25) is 0 Å². The SMILES string of the molecule is Cc1ccc(C(O)C2(O)CCCCC2)cc1F. The first-order chi connectivity index (χ1) is 8.03. The fourth-order valence-corrected chi connectivity index (χ4v) is 2.53. The third-order valence-electron chi connectivity index (χ3n) is 3.74. The van der Waals surface area contributed by atoms with Crippen molar-refractivity contribution in [2.45, 2.75) is 50.7 Å². The Kier molecular flexibility index (Phi) is 3.50. The zero-order valence-electron chi connectivity index (χ0n) is 10.1. The summed E-state index contributed by atoms with van der Waals surface area (Å²) < 4.78 is 13.4. The van der Waals surface area contributed by atoms with Crippen LogP contribution < -0.4 is 0 Å². The second-order valence-corrected chi connectivity index (χ2v) is 5.08. The van der Waals surface area contributed by atoms with E-state index in [1.54, 1.807) is 19.1 Å². The molecule has 1 unspecified atom stereocenters. The molecule has 0 amide bonds. The van der Waals surface area contributed by atoms with Crippen LogP contribution in [0.5, 0.6) is 0 Å². The number of aliphatic hydroxyl groups is 2. The summed E-state index contributed by atoms with van der Waals surface area (Å²) in [4.78, 5) is 0. The van der Waals surface area contributed by atoms with Crippen LogP contribution in [0.4, 0.5) is 4.39 Å². The lowest BCUT2D eigenvalue weighted by atomic mass is 9.78. The van der Waals surface area contributed by atoms with Gasteiger partial charge in [-0.25, -0.2) is 4.39 Å². The molecule has 0 radical (unpaired) electrons. The van der Waals surface area contributed by atoms with Crippen molar-refractivity contribution in [2.75, 3.05) is 0 Å². The summed E-state index contributed by atoms with van der Waals surface area (Å²) in [6.07, 6.45) is 3.12. The maximum absolute atomic E-state index is 13.4. The monoisotopic (exact) mass is 238 g/mol. The molecule has 1 aliphatic rings. The van der Waals surface area contributed by atoms with Gasteiger partial charge in [-0.3, -0.25) is 0 Å². The third-order valence-corrected chi connectivity index (χ3v) is 3.74. The molecule has 1 aromatic rings. The minimum atomic E-state index is -1.08. The summed E-state index contributed by atoms with van der Waals surface area (Å²) in [7, 11) is 0. The fraction of sp³-hybridized carbons (Fsp3) is 0.571. The van der Waals surface area contributed by atoms with Crippen molar-refractivity contribution in [3.05, 3.63) is 35.1 Å². The fourth-order valence-electron chi connectivity index (χ4n) is 2.53. The first kappa shape index (κ1) is 12.5. The molecule has 2 rings (SSSR count). The van der Waals surface area contributed by atoms with E-state index in [1.807, 2.05) is 0 Å². The summed E-state index contributed by atoms with van der Waals surface area (Å²) in [6.45, 7) is 1.68. The summed E-state index contributed by atoms with van der Waals surface area (Å²) in [5.74, 6) is -0.332. The highest BCUT2D eigenvalue weighted by Gasteiger charge is 2.37. The lowest BCUT2D eigenvalue weighted by molar-refractivity contribution is -0.0992. The van der Waals surface area contributed by atoms with Crippen LogP contribution in [0.25, 0.3) is 0 Å². The largest absolute Gasteiger partial charge is 0.387 e. The summed E-state index contributed by atoms with van der Waals surface area (Å²) in [5, 5.41) is 20.6. The molecule has 1 fully saturated rings. The van der Waals surface area contributed by atoms with Gasteiger partial charge in [0.15, 0.2) is 0 Å². The van der Waals surface area contributed by atoms with E-state index in [9.17, 15) is 14.6 Å². The maximum atomic E-state index is 13.4. The van der Waals surface area contributed by atoms with Crippen molar-refractivity contribution in [1.82, 2.24) is 0 Å². The molecule has 0 spiro atoms. The molecule has 1 aliphatic carbocycles. The zero-order valence-corrected chi connectivity index (χ0v) is 10.1. The first-order valence-corrected chi connectivity index (χ1v) is 6.19. The maximum Gasteiger partial charge on any atom is 0.126 e. The average molecular weight is 238 g/mol. The van der Waals surface area contributed by atoms with Crippen molar-refractivity contribution in [3.8, 4) is 0 Å². The molecule has 94 valence electrons. The molecule has 1 saturated carbocycles. The normalized spacial score (nSPS) is 21.2. The number of aryl methyl sites for hydroxylation is 1. The Morgan fingerprint density at radius 3 is 2.47 bits per heavy atom. The van der Waals surface area contributed by atoms with Crippen LogP contribution >= 0.6 is 0 Å². The van der Waals surface area contributed by atoms with E-state index in [4.69, 9.17) is 0 Å². The molecule has 1 aromatic carbocycles. The minimum absolute atomic E-state index is 0.332. The van der Waals surface area contributed by atoms with Gasteiger partial charge in [-0.15, -0.1) is 0 Å². The Morgan fingerprint density at radius 2 is 1.88 bits per heavy atom. The Hall–Kier alpha value is -0.930. The summed E-state index contributed by atoms with van der Waals surface area (Å²) in [6, 6.07) is 4.66. The Bertz CT molecular complexity index is 397. The van der Waals surface area contributed by atoms with E-state index in [0.717, 1.165) is 19.3 Å². The van der Waals surface area contributed by atoms with Crippen LogP contribution in [0.3, 0.4) is 0 Å². The highest BCUT2D eigenvalue weighted by molar-refractivity contribution is 5.26. The van der Waals surface area contributed by atoms with Gasteiger partial charge in [0.1, 0.15) is 11.9 Å². The van der Waals surface area contributed by atoms with Crippen molar-refractivity contribution < 1.29 is 14.6 Å². The number of rotatable bonds is 2. The van der Waals surface area contributed by atoms with E-state index >= 15 is 0 Å². The van der Waals surface area contributed by atoms with Crippen LogP contribution in [0.15, 0.2) is 18.2 Å². The van der Waals surface area contributed by atoms with Crippen molar-refractivity contribution in [2.24, 2.45) is 0 Å². The highest BCUT2D eigenvalue weighted by atomic mass is 19.1. The molecular weight excluding hydrogens is 219 g/mol. The molecule has 0 heterocycles. The number of hydrogen-bond donors (Lipinski definition) is 2. The molecule has 0 aromatic heterocycles. The number of aliphatic hydroxyl groups excluding tert-OH is 1. The van der Waals surface area contributed by atoms with Gasteiger partial charge in [0, 0.05) is 0 Å². The lowest BCUT2D eigenvalue weighted by Crippen LogP contribution is -2.38. The number of hydrogen-bond acceptors (Lipinski definition) is 2. The number of benzene rings is 1. The van der Waals surface area contributed by atoms with Gasteiger partial charge in [-0.2, -0.15) is 0 Å². The lowest BCUT2D eigenvalue weighted by Gasteiger charge is -2.36. The topological polar surface area (TPSA) is 40.5 Å². The summed E-state index contributed by atoms with van der Waals surface area (Å²) >= 11 is 0. The third kappa shape index (κ3) is 2.50. The van der Waals surface area contributed by atoms with Crippen LogP contribution in [-0.4, -0.2) is 15.8 Å². The molecule has 3 heteroatoms. The average Bonchev–Trinajstić information content (AvgIpc) is 2.33. The van der Waals surface area contributed by atoms with Crippen molar-refractivity contribution >= 4 is 0 Å². The van der Waals surface area contributed by atoms with E-state index in [2.05, 4.69) is 0 Å². The van der Waals surface area contributed by atoms with Crippen LogP contribution in [0.1, 0.15) is 49.3 Å². The van der Waals surface area contributed by atoms with E-state index in [1.165, 1.54) is 6.07 Å². The number of halogens is 1. The predicted molar refractivity (Wildman–Crippen MR) is 64.1 cm³/mol. The van der Waals surface area contributed by atoms with Crippen LogP contribution in [0.2, 0.25) is 0 Å². The predicted octanol–water partition coefficient (Wildman–Crippen LogP) is 2.86. The molecule has 2 nitrogen and oxygen atoms in total. The zero-order chi connectivity index (χ0) is 12.5. The molecule has 0 aliphatic heterocycles. The van der Waals surface area contributed by atoms with Crippen LogP contribution in [-0.2, 0) is 0 Å². The minimum Gasteiger partial charge on any atom is -0.387 e. The van der Waals surface area contributed by atoms with E-state index in [0.29, 0.717) is 24.0 Å². The molecule has 1 atom stereocenters. The Morgan fingerprint density at radius 1 is 1.24 bits per heavy atom. The second-order valence-electron chi connectivity index (χ2n) is 5.08. The summed E-state index contributed by atoms with van der Waals surface area (Å²) in [5.41, 5.74) is -0.0611. The first-order valence-electron chi connectivity index (χ1n) is 6.19. The van der Waals surface area contributed by atoms with Gasteiger partial charge in [-0.05, 0) is 37.0 Å². The van der Waals surface area contributed by atoms with E-state index < -0.39 is 11.7 Å².